The molecule has 1 aromatic heterocycles. The van der Waals surface area contributed by atoms with Crippen molar-refractivity contribution in [3.8, 4) is 5.75 Å². The van der Waals surface area contributed by atoms with Crippen LogP contribution in [0.2, 0.25) is 0 Å². The third-order valence-electron chi connectivity index (χ3n) is 5.79. The first-order chi connectivity index (χ1) is 15.5. The molecule has 4 rings (SSSR count). The van der Waals surface area contributed by atoms with Gasteiger partial charge in [0.1, 0.15) is 11.6 Å². The van der Waals surface area contributed by atoms with Gasteiger partial charge in [-0.3, -0.25) is 9.69 Å². The predicted molar refractivity (Wildman–Crippen MR) is 128 cm³/mol. The van der Waals surface area contributed by atoms with Gasteiger partial charge in [0.2, 0.25) is 0 Å². The summed E-state index contributed by atoms with van der Waals surface area (Å²) in [6.45, 7) is 8.60. The molecule has 32 heavy (non-hydrogen) atoms. The minimum atomic E-state index is -0.201. The highest BCUT2D eigenvalue weighted by molar-refractivity contribution is 5.95. The zero-order valence-corrected chi connectivity index (χ0v) is 18.7. The van der Waals surface area contributed by atoms with E-state index in [1.54, 1.807) is 0 Å². The number of hydrogen-bond acceptors (Lipinski definition) is 6. The Morgan fingerprint density at radius 3 is 2.53 bits per heavy atom. The van der Waals surface area contributed by atoms with E-state index in [9.17, 15) is 4.79 Å². The van der Waals surface area contributed by atoms with Crippen LogP contribution in [0.15, 0.2) is 48.5 Å². The second-order valence-electron chi connectivity index (χ2n) is 8.23. The molecule has 0 bridgehead atoms. The number of amides is 1. The predicted octanol–water partition coefficient (Wildman–Crippen LogP) is 2.98. The van der Waals surface area contributed by atoms with Gasteiger partial charge in [0.05, 0.1) is 12.1 Å². The van der Waals surface area contributed by atoms with E-state index in [0.29, 0.717) is 5.75 Å². The van der Waals surface area contributed by atoms with Gasteiger partial charge in [0.25, 0.3) is 5.91 Å². The fourth-order valence-corrected chi connectivity index (χ4v) is 3.94. The number of benzene rings is 2. The van der Waals surface area contributed by atoms with Crippen LogP contribution < -0.4 is 15.0 Å². The monoisotopic (exact) mass is 434 g/mol. The Labute approximate surface area is 188 Å². The Morgan fingerprint density at radius 2 is 1.81 bits per heavy atom. The topological polar surface area (TPSA) is 77.9 Å². The Bertz CT molecular complexity index is 1080. The summed E-state index contributed by atoms with van der Waals surface area (Å²) >= 11 is 0. The number of aryl methyl sites for hydroxylation is 2. The molecule has 1 amide bonds. The molecule has 7 nitrogen and oxygen atoms in total. The van der Waals surface area contributed by atoms with E-state index >= 15 is 0 Å². The van der Waals surface area contributed by atoms with E-state index in [-0.39, 0.29) is 19.1 Å². The molecule has 2 heterocycles. The van der Waals surface area contributed by atoms with Gasteiger partial charge < -0.3 is 20.1 Å². The lowest BCUT2D eigenvalue weighted by Crippen LogP contribution is -2.47. The van der Waals surface area contributed by atoms with Gasteiger partial charge in [-0.05, 0) is 55.8 Å². The first-order valence-corrected chi connectivity index (χ1v) is 11.0. The van der Waals surface area contributed by atoms with Gasteiger partial charge in [0.15, 0.2) is 6.61 Å². The number of aliphatic hydroxyl groups excluding tert-OH is 1. The molecule has 1 fully saturated rings. The largest absolute Gasteiger partial charge is 0.484 e. The average Bonchev–Trinajstić information content (AvgIpc) is 2.80. The summed E-state index contributed by atoms with van der Waals surface area (Å²) in [4.78, 5) is 21.7. The summed E-state index contributed by atoms with van der Waals surface area (Å²) in [5.74, 6) is 1.45. The SMILES string of the molecule is Cc1ccc(OCC(=O)Nc2ccc3nc(N4CCN(CCO)CC4)cc(C)c3c2)cc1. The number of hydrogen-bond donors (Lipinski definition) is 2. The number of carbonyl (C=O) groups excluding carboxylic acids is 1. The fourth-order valence-electron chi connectivity index (χ4n) is 3.94. The number of piperazine rings is 1. The number of anilines is 2. The van der Waals surface area contributed by atoms with Crippen molar-refractivity contribution in [3.63, 3.8) is 0 Å². The number of β-amino-alcohol motifs (C(OH)–C–C–N with tert-alkyl or cyclic N) is 1. The molecule has 1 saturated heterocycles. The van der Waals surface area contributed by atoms with E-state index in [1.165, 1.54) is 0 Å². The molecule has 0 saturated carbocycles. The van der Waals surface area contributed by atoms with E-state index < -0.39 is 0 Å². The Hall–Kier alpha value is -3.16. The van der Waals surface area contributed by atoms with Crippen LogP contribution in [0.25, 0.3) is 10.9 Å². The summed E-state index contributed by atoms with van der Waals surface area (Å²) in [7, 11) is 0. The summed E-state index contributed by atoms with van der Waals surface area (Å²) in [6, 6.07) is 15.5. The molecule has 1 aliphatic rings. The number of fused-ring (bicyclic) bond motifs is 1. The number of nitrogens with one attached hydrogen (secondary N) is 1. The molecule has 2 N–H and O–H groups in total. The second-order valence-corrected chi connectivity index (χ2v) is 8.23. The van der Waals surface area contributed by atoms with Crippen molar-refractivity contribution in [3.05, 3.63) is 59.7 Å². The van der Waals surface area contributed by atoms with Crippen LogP contribution in [0.3, 0.4) is 0 Å². The number of rotatable bonds is 7. The Kier molecular flexibility index (Phi) is 6.87. The Morgan fingerprint density at radius 1 is 1.06 bits per heavy atom. The van der Waals surface area contributed by atoms with Crippen molar-refractivity contribution >= 4 is 28.3 Å². The van der Waals surface area contributed by atoms with Crippen molar-refractivity contribution in [2.45, 2.75) is 13.8 Å². The highest BCUT2D eigenvalue weighted by atomic mass is 16.5. The highest BCUT2D eigenvalue weighted by Gasteiger charge is 2.18. The van der Waals surface area contributed by atoms with Crippen molar-refractivity contribution in [2.75, 3.05) is 56.2 Å². The number of aromatic nitrogens is 1. The van der Waals surface area contributed by atoms with Gasteiger partial charge in [-0.2, -0.15) is 0 Å². The lowest BCUT2D eigenvalue weighted by atomic mass is 10.1. The number of carbonyl (C=O) groups is 1. The molecule has 2 aromatic carbocycles. The average molecular weight is 435 g/mol. The van der Waals surface area contributed by atoms with Gasteiger partial charge in [-0.15, -0.1) is 0 Å². The number of nitrogens with zero attached hydrogens (tertiary/aromatic N) is 3. The smallest absolute Gasteiger partial charge is 0.262 e. The minimum absolute atomic E-state index is 0.0421. The fraction of sp³-hybridized carbons (Fsp3) is 0.360. The maximum Gasteiger partial charge on any atom is 0.262 e. The van der Waals surface area contributed by atoms with Crippen LogP contribution in [-0.2, 0) is 4.79 Å². The van der Waals surface area contributed by atoms with Crippen molar-refractivity contribution < 1.29 is 14.6 Å². The van der Waals surface area contributed by atoms with Crippen LogP contribution in [-0.4, -0.2) is 66.8 Å². The molecule has 7 heteroatoms. The molecule has 1 aliphatic heterocycles. The molecular formula is C25H30N4O3. The summed E-state index contributed by atoms with van der Waals surface area (Å²) in [5, 5.41) is 13.1. The third kappa shape index (κ3) is 5.36. The quantitative estimate of drug-likeness (QED) is 0.595. The van der Waals surface area contributed by atoms with Crippen LogP contribution in [0.1, 0.15) is 11.1 Å². The van der Waals surface area contributed by atoms with Gasteiger partial charge in [-0.1, -0.05) is 17.7 Å². The Balaban J connectivity index is 1.40. The van der Waals surface area contributed by atoms with Crippen LogP contribution in [0, 0.1) is 13.8 Å². The lowest BCUT2D eigenvalue weighted by molar-refractivity contribution is -0.118. The van der Waals surface area contributed by atoms with Gasteiger partial charge in [0, 0.05) is 43.8 Å². The number of aliphatic hydroxyl groups is 1. The zero-order chi connectivity index (χ0) is 22.5. The van der Waals surface area contributed by atoms with Gasteiger partial charge in [-0.25, -0.2) is 4.98 Å². The van der Waals surface area contributed by atoms with Gasteiger partial charge >= 0.3 is 0 Å². The minimum Gasteiger partial charge on any atom is -0.484 e. The standard InChI is InChI=1S/C25H30N4O3/c1-18-3-6-21(7-4-18)32-17-25(31)26-20-5-8-23-22(16-20)19(2)15-24(27-23)29-11-9-28(10-12-29)13-14-30/h3-8,15-16,30H,9-14,17H2,1-2H3,(H,26,31). The first-order valence-electron chi connectivity index (χ1n) is 11.0. The molecule has 3 aromatic rings. The number of ether oxygens (including phenoxy) is 1. The maximum absolute atomic E-state index is 12.3. The van der Waals surface area contributed by atoms with E-state index in [0.717, 1.165) is 66.3 Å². The maximum atomic E-state index is 12.3. The van der Waals surface area contributed by atoms with Crippen molar-refractivity contribution in [2.24, 2.45) is 0 Å². The zero-order valence-electron chi connectivity index (χ0n) is 18.7. The summed E-state index contributed by atoms with van der Waals surface area (Å²) in [6.07, 6.45) is 0. The normalized spacial score (nSPS) is 14.5. The van der Waals surface area contributed by atoms with Crippen LogP contribution >= 0.6 is 0 Å². The molecule has 0 aliphatic carbocycles. The van der Waals surface area contributed by atoms with Crippen molar-refractivity contribution in [1.29, 1.82) is 0 Å². The lowest BCUT2D eigenvalue weighted by Gasteiger charge is -2.35. The molecular weight excluding hydrogens is 404 g/mol. The summed E-state index contributed by atoms with van der Waals surface area (Å²) < 4.78 is 5.56. The summed E-state index contributed by atoms with van der Waals surface area (Å²) in [5.41, 5.74) is 3.90. The third-order valence-corrected chi connectivity index (χ3v) is 5.79. The molecule has 0 spiro atoms. The highest BCUT2D eigenvalue weighted by Crippen LogP contribution is 2.26. The van der Waals surface area contributed by atoms with E-state index in [4.69, 9.17) is 14.8 Å². The van der Waals surface area contributed by atoms with E-state index in [2.05, 4.69) is 28.1 Å². The molecule has 168 valence electrons. The molecule has 0 radical (unpaired) electrons. The van der Waals surface area contributed by atoms with E-state index in [1.807, 2.05) is 49.4 Å². The first kappa shape index (κ1) is 22.0. The molecule has 0 unspecified atom stereocenters. The second kappa shape index (κ2) is 9.97. The number of pyridine rings is 1. The molecule has 0 atom stereocenters. The van der Waals surface area contributed by atoms with Crippen LogP contribution in [0.5, 0.6) is 5.75 Å². The van der Waals surface area contributed by atoms with Crippen molar-refractivity contribution in [1.82, 2.24) is 9.88 Å². The van der Waals surface area contributed by atoms with Crippen LogP contribution in [0.4, 0.5) is 11.5 Å².